The summed E-state index contributed by atoms with van der Waals surface area (Å²) in [5.74, 6) is 0.0640. The Morgan fingerprint density at radius 3 is 2.44 bits per heavy atom. The first-order valence-corrected chi connectivity index (χ1v) is 5.59. The standard InChI is InChI=1S/C11H12BrF3O/c1-7(2)6-16-10-4-3-8(12)5-9(10)11(13,14)15/h3-5,7H,6H2,1-2H3. The molecule has 0 bridgehead atoms. The third-order valence-electron chi connectivity index (χ3n) is 1.82. The van der Waals surface area contributed by atoms with E-state index in [1.54, 1.807) is 0 Å². The normalized spacial score (nSPS) is 11.9. The summed E-state index contributed by atoms with van der Waals surface area (Å²) in [6.45, 7) is 4.03. The summed E-state index contributed by atoms with van der Waals surface area (Å²) in [6, 6.07) is 3.88. The minimum atomic E-state index is -4.39. The fourth-order valence-corrected chi connectivity index (χ4v) is 1.47. The zero-order valence-corrected chi connectivity index (χ0v) is 10.5. The van der Waals surface area contributed by atoms with Gasteiger partial charge < -0.3 is 4.74 Å². The van der Waals surface area contributed by atoms with Crippen molar-refractivity contribution in [2.75, 3.05) is 6.61 Å². The summed E-state index contributed by atoms with van der Waals surface area (Å²) in [7, 11) is 0. The van der Waals surface area contributed by atoms with Crippen LogP contribution < -0.4 is 4.74 Å². The zero-order chi connectivity index (χ0) is 12.3. The highest BCUT2D eigenvalue weighted by atomic mass is 79.9. The lowest BCUT2D eigenvalue weighted by Gasteiger charge is -2.15. The van der Waals surface area contributed by atoms with Crippen molar-refractivity contribution in [3.05, 3.63) is 28.2 Å². The molecule has 0 aliphatic carbocycles. The van der Waals surface area contributed by atoms with Gasteiger partial charge in [0.05, 0.1) is 12.2 Å². The largest absolute Gasteiger partial charge is 0.493 e. The van der Waals surface area contributed by atoms with Crippen molar-refractivity contribution < 1.29 is 17.9 Å². The van der Waals surface area contributed by atoms with Crippen LogP contribution in [-0.4, -0.2) is 6.61 Å². The monoisotopic (exact) mass is 296 g/mol. The van der Waals surface area contributed by atoms with Gasteiger partial charge in [-0.2, -0.15) is 13.2 Å². The second-order valence-electron chi connectivity index (χ2n) is 3.84. The number of rotatable bonds is 3. The molecule has 0 fully saturated rings. The summed E-state index contributed by atoms with van der Waals surface area (Å²) in [5, 5.41) is 0. The van der Waals surface area contributed by atoms with E-state index < -0.39 is 11.7 Å². The molecule has 0 aromatic heterocycles. The highest BCUT2D eigenvalue weighted by Gasteiger charge is 2.34. The molecule has 0 amide bonds. The molecule has 16 heavy (non-hydrogen) atoms. The van der Waals surface area contributed by atoms with Crippen molar-refractivity contribution in [1.29, 1.82) is 0 Å². The number of hydrogen-bond donors (Lipinski definition) is 0. The first-order valence-electron chi connectivity index (χ1n) is 4.80. The molecule has 0 unspecified atom stereocenters. The molecule has 0 aliphatic rings. The Hall–Kier alpha value is -0.710. The van der Waals surface area contributed by atoms with Crippen LogP contribution in [0.5, 0.6) is 5.75 Å². The van der Waals surface area contributed by atoms with Gasteiger partial charge in [0.25, 0.3) is 0 Å². The van der Waals surface area contributed by atoms with E-state index in [1.807, 2.05) is 13.8 Å². The van der Waals surface area contributed by atoms with Gasteiger partial charge in [-0.05, 0) is 24.1 Å². The van der Waals surface area contributed by atoms with Gasteiger partial charge in [-0.1, -0.05) is 29.8 Å². The lowest BCUT2D eigenvalue weighted by atomic mass is 10.2. The molecule has 0 radical (unpaired) electrons. The zero-order valence-electron chi connectivity index (χ0n) is 8.94. The fourth-order valence-electron chi connectivity index (χ4n) is 1.11. The van der Waals surface area contributed by atoms with Crippen LogP contribution in [0.25, 0.3) is 0 Å². The van der Waals surface area contributed by atoms with Gasteiger partial charge in [-0.25, -0.2) is 0 Å². The van der Waals surface area contributed by atoms with Gasteiger partial charge in [0.1, 0.15) is 5.75 Å². The van der Waals surface area contributed by atoms with Crippen molar-refractivity contribution >= 4 is 15.9 Å². The number of alkyl halides is 3. The topological polar surface area (TPSA) is 9.23 Å². The van der Waals surface area contributed by atoms with Gasteiger partial charge >= 0.3 is 6.18 Å². The summed E-state index contributed by atoms with van der Waals surface area (Å²) in [6.07, 6.45) is -4.39. The molecule has 1 aromatic carbocycles. The molecular weight excluding hydrogens is 285 g/mol. The van der Waals surface area contributed by atoms with Gasteiger partial charge in [-0.3, -0.25) is 0 Å². The smallest absolute Gasteiger partial charge is 0.420 e. The number of ether oxygens (including phenoxy) is 1. The number of benzene rings is 1. The Bertz CT molecular complexity index is 361. The molecule has 0 spiro atoms. The second-order valence-corrected chi connectivity index (χ2v) is 4.76. The van der Waals surface area contributed by atoms with Gasteiger partial charge in [0, 0.05) is 4.47 Å². The Labute approximate surface area is 101 Å². The molecular formula is C11H12BrF3O. The van der Waals surface area contributed by atoms with Crippen LogP contribution in [0.2, 0.25) is 0 Å². The first kappa shape index (κ1) is 13.4. The summed E-state index contributed by atoms with van der Waals surface area (Å²) >= 11 is 3.01. The molecule has 0 N–H and O–H groups in total. The molecule has 5 heteroatoms. The van der Waals surface area contributed by atoms with Crippen molar-refractivity contribution in [1.82, 2.24) is 0 Å². The Balaban J connectivity index is 2.99. The highest BCUT2D eigenvalue weighted by Crippen LogP contribution is 2.37. The van der Waals surface area contributed by atoms with E-state index >= 15 is 0 Å². The number of halogens is 4. The summed E-state index contributed by atoms with van der Waals surface area (Å²) in [5.41, 5.74) is -0.748. The first-order chi connectivity index (χ1) is 7.30. The van der Waals surface area contributed by atoms with Crippen LogP contribution in [-0.2, 0) is 6.18 Å². The van der Waals surface area contributed by atoms with Crippen molar-refractivity contribution in [3.63, 3.8) is 0 Å². The molecule has 0 saturated carbocycles. The van der Waals surface area contributed by atoms with Gasteiger partial charge in [0.2, 0.25) is 0 Å². The maximum atomic E-state index is 12.7. The van der Waals surface area contributed by atoms with E-state index in [2.05, 4.69) is 15.9 Å². The minimum absolute atomic E-state index is 0.121. The van der Waals surface area contributed by atoms with E-state index in [-0.39, 0.29) is 18.3 Å². The maximum Gasteiger partial charge on any atom is 0.420 e. The van der Waals surface area contributed by atoms with E-state index in [4.69, 9.17) is 4.74 Å². The van der Waals surface area contributed by atoms with E-state index in [0.717, 1.165) is 6.07 Å². The fraction of sp³-hybridized carbons (Fsp3) is 0.455. The highest BCUT2D eigenvalue weighted by molar-refractivity contribution is 9.10. The Morgan fingerprint density at radius 1 is 1.31 bits per heavy atom. The van der Waals surface area contributed by atoms with E-state index in [0.29, 0.717) is 4.47 Å². The molecule has 1 aromatic rings. The van der Waals surface area contributed by atoms with Crippen LogP contribution in [0.4, 0.5) is 13.2 Å². The second kappa shape index (κ2) is 5.08. The third kappa shape index (κ3) is 3.70. The molecule has 1 nitrogen and oxygen atoms in total. The maximum absolute atomic E-state index is 12.7. The van der Waals surface area contributed by atoms with Crippen LogP contribution in [0, 0.1) is 5.92 Å². The molecule has 0 heterocycles. The lowest BCUT2D eigenvalue weighted by molar-refractivity contribution is -0.139. The van der Waals surface area contributed by atoms with E-state index in [9.17, 15) is 13.2 Å². The molecule has 1 rings (SSSR count). The minimum Gasteiger partial charge on any atom is -0.493 e. The Morgan fingerprint density at radius 2 is 1.94 bits per heavy atom. The van der Waals surface area contributed by atoms with Crippen molar-refractivity contribution in [3.8, 4) is 5.75 Å². The van der Waals surface area contributed by atoms with Crippen LogP contribution in [0.15, 0.2) is 22.7 Å². The van der Waals surface area contributed by atoms with E-state index in [1.165, 1.54) is 12.1 Å². The molecule has 0 saturated heterocycles. The number of hydrogen-bond acceptors (Lipinski definition) is 1. The molecule has 90 valence electrons. The summed E-state index contributed by atoms with van der Waals surface area (Å²) in [4.78, 5) is 0. The SMILES string of the molecule is CC(C)COc1ccc(Br)cc1C(F)(F)F. The van der Waals surface area contributed by atoms with Crippen molar-refractivity contribution in [2.24, 2.45) is 5.92 Å². The van der Waals surface area contributed by atoms with Gasteiger partial charge in [0.15, 0.2) is 0 Å². The predicted octanol–water partition coefficient (Wildman–Crippen LogP) is 4.50. The van der Waals surface area contributed by atoms with Crippen LogP contribution in [0.1, 0.15) is 19.4 Å². The predicted molar refractivity (Wildman–Crippen MR) is 59.5 cm³/mol. The van der Waals surface area contributed by atoms with Crippen molar-refractivity contribution in [2.45, 2.75) is 20.0 Å². The lowest BCUT2D eigenvalue weighted by Crippen LogP contribution is -2.11. The average molecular weight is 297 g/mol. The third-order valence-corrected chi connectivity index (χ3v) is 2.31. The quantitative estimate of drug-likeness (QED) is 0.798. The molecule has 0 atom stereocenters. The van der Waals surface area contributed by atoms with Crippen LogP contribution >= 0.6 is 15.9 Å². The van der Waals surface area contributed by atoms with Crippen LogP contribution in [0.3, 0.4) is 0 Å². The average Bonchev–Trinajstić information content (AvgIpc) is 2.14. The Kier molecular flexibility index (Phi) is 4.24. The van der Waals surface area contributed by atoms with Gasteiger partial charge in [-0.15, -0.1) is 0 Å². The molecule has 0 aliphatic heterocycles. The summed E-state index contributed by atoms with van der Waals surface area (Å²) < 4.78 is 43.5.